The zero-order chi connectivity index (χ0) is 13.8. The predicted molar refractivity (Wildman–Crippen MR) is 78.2 cm³/mol. The Kier molecular flexibility index (Phi) is 4.11. The maximum atomic E-state index is 5.41. The number of nitrogens with one attached hydrogen (secondary N) is 1. The first-order chi connectivity index (χ1) is 9.86. The zero-order valence-electron chi connectivity index (χ0n) is 11.9. The molecule has 106 valence electrons. The Morgan fingerprint density at radius 3 is 2.70 bits per heavy atom. The largest absolute Gasteiger partial charge is 0.339 e. The highest BCUT2D eigenvalue weighted by Gasteiger charge is 2.25. The van der Waals surface area contributed by atoms with Gasteiger partial charge in [-0.05, 0) is 25.8 Å². The van der Waals surface area contributed by atoms with E-state index in [9.17, 15) is 0 Å². The Labute approximate surface area is 119 Å². The van der Waals surface area contributed by atoms with E-state index in [1.165, 1.54) is 25.7 Å². The van der Waals surface area contributed by atoms with Crippen molar-refractivity contribution >= 4 is 0 Å². The standard InChI is InChI=1S/C16H21N3O/c1-17-14(12-7-5-6-8-12)11-15-18-16(19-20-15)13-9-3-2-4-10-13/h2-4,9-10,12,14,17H,5-8,11H2,1H3. The van der Waals surface area contributed by atoms with Gasteiger partial charge in [0.2, 0.25) is 11.7 Å². The highest BCUT2D eigenvalue weighted by atomic mass is 16.5. The van der Waals surface area contributed by atoms with Crippen molar-refractivity contribution in [3.8, 4) is 11.4 Å². The lowest BCUT2D eigenvalue weighted by Crippen LogP contribution is -2.34. The molecule has 20 heavy (non-hydrogen) atoms. The molecule has 1 aromatic carbocycles. The number of rotatable bonds is 5. The molecule has 1 atom stereocenters. The van der Waals surface area contributed by atoms with E-state index >= 15 is 0 Å². The Balaban J connectivity index is 1.70. The molecule has 2 aromatic rings. The minimum absolute atomic E-state index is 0.446. The highest BCUT2D eigenvalue weighted by Crippen LogP contribution is 2.29. The molecule has 1 aliphatic rings. The highest BCUT2D eigenvalue weighted by molar-refractivity contribution is 5.53. The van der Waals surface area contributed by atoms with Gasteiger partial charge in [-0.3, -0.25) is 0 Å². The summed E-state index contributed by atoms with van der Waals surface area (Å²) in [5.41, 5.74) is 1.00. The molecule has 1 heterocycles. The number of nitrogens with zero attached hydrogens (tertiary/aromatic N) is 2. The van der Waals surface area contributed by atoms with E-state index in [1.54, 1.807) is 0 Å². The van der Waals surface area contributed by atoms with Gasteiger partial charge < -0.3 is 9.84 Å². The van der Waals surface area contributed by atoms with E-state index in [2.05, 4.69) is 15.5 Å². The molecule has 0 bridgehead atoms. The van der Waals surface area contributed by atoms with Gasteiger partial charge >= 0.3 is 0 Å². The fraction of sp³-hybridized carbons (Fsp3) is 0.500. The van der Waals surface area contributed by atoms with Gasteiger partial charge in [0.15, 0.2) is 0 Å². The van der Waals surface area contributed by atoms with Gasteiger partial charge in [0, 0.05) is 18.0 Å². The number of hydrogen-bond donors (Lipinski definition) is 1. The van der Waals surface area contributed by atoms with Crippen molar-refractivity contribution in [2.75, 3.05) is 7.05 Å². The second-order valence-electron chi connectivity index (χ2n) is 5.52. The van der Waals surface area contributed by atoms with Crippen LogP contribution in [0.1, 0.15) is 31.6 Å². The summed E-state index contributed by atoms with van der Waals surface area (Å²) in [5, 5.41) is 7.50. The number of hydrogen-bond acceptors (Lipinski definition) is 4. The predicted octanol–water partition coefficient (Wildman–Crippen LogP) is 3.06. The Bertz CT molecular complexity index is 532. The molecular weight excluding hydrogens is 250 g/mol. The molecule has 0 spiro atoms. The number of aromatic nitrogens is 2. The van der Waals surface area contributed by atoms with E-state index < -0.39 is 0 Å². The Morgan fingerprint density at radius 1 is 1.25 bits per heavy atom. The van der Waals surface area contributed by atoms with Crippen LogP contribution in [0.3, 0.4) is 0 Å². The van der Waals surface area contributed by atoms with E-state index in [1.807, 2.05) is 37.4 Å². The average molecular weight is 271 g/mol. The molecule has 1 aliphatic carbocycles. The van der Waals surface area contributed by atoms with E-state index in [0.29, 0.717) is 11.9 Å². The van der Waals surface area contributed by atoms with Gasteiger partial charge in [0.05, 0.1) is 0 Å². The molecule has 0 saturated heterocycles. The minimum Gasteiger partial charge on any atom is -0.339 e. The molecule has 4 heteroatoms. The van der Waals surface area contributed by atoms with Crippen LogP contribution in [0.4, 0.5) is 0 Å². The normalized spacial score (nSPS) is 17.4. The van der Waals surface area contributed by atoms with Gasteiger partial charge in [-0.15, -0.1) is 0 Å². The van der Waals surface area contributed by atoms with Gasteiger partial charge in [-0.25, -0.2) is 0 Å². The maximum absolute atomic E-state index is 5.41. The van der Waals surface area contributed by atoms with Gasteiger partial charge in [0.25, 0.3) is 0 Å². The van der Waals surface area contributed by atoms with Crippen molar-refractivity contribution in [3.05, 3.63) is 36.2 Å². The molecule has 4 nitrogen and oxygen atoms in total. The summed E-state index contributed by atoms with van der Waals surface area (Å²) < 4.78 is 5.41. The molecule has 0 aliphatic heterocycles. The van der Waals surface area contributed by atoms with E-state index in [0.717, 1.165) is 23.8 Å². The third kappa shape index (κ3) is 2.90. The maximum Gasteiger partial charge on any atom is 0.228 e. The van der Waals surface area contributed by atoms with Crippen molar-refractivity contribution in [1.82, 2.24) is 15.5 Å². The smallest absolute Gasteiger partial charge is 0.228 e. The van der Waals surface area contributed by atoms with Crippen LogP contribution < -0.4 is 5.32 Å². The van der Waals surface area contributed by atoms with Crippen molar-refractivity contribution in [2.24, 2.45) is 5.92 Å². The summed E-state index contributed by atoms with van der Waals surface area (Å²) >= 11 is 0. The molecular formula is C16H21N3O. The monoisotopic (exact) mass is 271 g/mol. The summed E-state index contributed by atoms with van der Waals surface area (Å²) in [7, 11) is 2.03. The third-order valence-electron chi connectivity index (χ3n) is 4.23. The van der Waals surface area contributed by atoms with Gasteiger partial charge in [-0.2, -0.15) is 4.98 Å². The Morgan fingerprint density at radius 2 is 2.00 bits per heavy atom. The van der Waals surface area contributed by atoms with Crippen molar-refractivity contribution in [1.29, 1.82) is 0 Å². The van der Waals surface area contributed by atoms with E-state index in [4.69, 9.17) is 4.52 Å². The molecule has 1 aromatic heterocycles. The van der Waals surface area contributed by atoms with Crippen LogP contribution in [-0.2, 0) is 6.42 Å². The summed E-state index contributed by atoms with van der Waals surface area (Å²) in [6.45, 7) is 0. The topological polar surface area (TPSA) is 51.0 Å². The molecule has 3 rings (SSSR count). The van der Waals surface area contributed by atoms with Gasteiger partial charge in [-0.1, -0.05) is 48.3 Å². The Hall–Kier alpha value is -1.68. The minimum atomic E-state index is 0.446. The molecule has 1 saturated carbocycles. The summed E-state index contributed by atoms with van der Waals surface area (Å²) in [4.78, 5) is 4.52. The van der Waals surface area contributed by atoms with Crippen LogP contribution in [0.25, 0.3) is 11.4 Å². The number of benzene rings is 1. The van der Waals surface area contributed by atoms with Crippen molar-refractivity contribution in [2.45, 2.75) is 38.1 Å². The van der Waals surface area contributed by atoms with Crippen LogP contribution in [0.5, 0.6) is 0 Å². The van der Waals surface area contributed by atoms with Crippen LogP contribution >= 0.6 is 0 Å². The third-order valence-corrected chi connectivity index (χ3v) is 4.23. The van der Waals surface area contributed by atoms with Crippen LogP contribution in [-0.4, -0.2) is 23.2 Å². The van der Waals surface area contributed by atoms with Crippen LogP contribution in [0.2, 0.25) is 0 Å². The molecule has 1 unspecified atom stereocenters. The lowest BCUT2D eigenvalue weighted by Gasteiger charge is -2.20. The fourth-order valence-electron chi connectivity index (χ4n) is 3.09. The summed E-state index contributed by atoms with van der Waals surface area (Å²) in [6.07, 6.45) is 6.14. The summed E-state index contributed by atoms with van der Waals surface area (Å²) in [6, 6.07) is 10.4. The van der Waals surface area contributed by atoms with Gasteiger partial charge in [0.1, 0.15) is 0 Å². The zero-order valence-corrected chi connectivity index (χ0v) is 11.9. The molecule has 0 amide bonds. The molecule has 1 N–H and O–H groups in total. The van der Waals surface area contributed by atoms with Crippen molar-refractivity contribution in [3.63, 3.8) is 0 Å². The average Bonchev–Trinajstić information content (AvgIpc) is 3.17. The second kappa shape index (κ2) is 6.18. The molecule has 1 fully saturated rings. The lowest BCUT2D eigenvalue weighted by atomic mass is 9.95. The van der Waals surface area contributed by atoms with E-state index in [-0.39, 0.29) is 0 Å². The fourth-order valence-corrected chi connectivity index (χ4v) is 3.09. The second-order valence-corrected chi connectivity index (χ2v) is 5.52. The summed E-state index contributed by atoms with van der Waals surface area (Å²) in [5.74, 6) is 2.16. The number of likely N-dealkylation sites (N-methyl/N-ethyl adjacent to an activating group) is 1. The first-order valence-electron chi connectivity index (χ1n) is 7.42. The first-order valence-corrected chi connectivity index (χ1v) is 7.42. The van der Waals surface area contributed by atoms with Crippen LogP contribution in [0.15, 0.2) is 34.9 Å². The van der Waals surface area contributed by atoms with Crippen molar-refractivity contribution < 1.29 is 4.52 Å². The molecule has 0 radical (unpaired) electrons. The quantitative estimate of drug-likeness (QED) is 0.908. The SMILES string of the molecule is CNC(Cc1nc(-c2ccccc2)no1)C1CCCC1. The van der Waals surface area contributed by atoms with Crippen LogP contribution in [0, 0.1) is 5.92 Å². The first kappa shape index (κ1) is 13.3. The lowest BCUT2D eigenvalue weighted by molar-refractivity contribution is 0.318.